The molecule has 0 saturated heterocycles. The van der Waals surface area contributed by atoms with Gasteiger partial charge < -0.3 is 0 Å². The number of hydrazine groups is 1. The minimum Gasteiger partial charge on any atom is -0.272 e. The van der Waals surface area contributed by atoms with Gasteiger partial charge in [-0.3, -0.25) is 25.2 Å². The van der Waals surface area contributed by atoms with Gasteiger partial charge in [0, 0.05) is 19.0 Å². The molecule has 0 radical (unpaired) electrons. The number of carbonyl (C=O) groups is 2. The predicted molar refractivity (Wildman–Crippen MR) is 114 cm³/mol. The molecule has 0 aliphatic rings. The predicted octanol–water partition coefficient (Wildman–Crippen LogP) is 0.498. The van der Waals surface area contributed by atoms with Crippen molar-refractivity contribution in [1.82, 2.24) is 24.9 Å². The smallest absolute Gasteiger partial charge is 0.272 e. The van der Waals surface area contributed by atoms with E-state index in [0.29, 0.717) is 10.8 Å². The Morgan fingerprint density at radius 3 is 2.26 bits per heavy atom. The fourth-order valence-corrected chi connectivity index (χ4v) is 4.05. The van der Waals surface area contributed by atoms with Crippen molar-refractivity contribution in [2.45, 2.75) is 18.4 Å². The Morgan fingerprint density at radius 2 is 1.61 bits per heavy atom. The maximum Gasteiger partial charge on any atom is 0.290 e. The summed E-state index contributed by atoms with van der Waals surface area (Å²) < 4.78 is 27.0. The summed E-state index contributed by atoms with van der Waals surface area (Å²) in [5.74, 6) is -1.48. The van der Waals surface area contributed by atoms with Gasteiger partial charge in [-0.15, -0.1) is 0 Å². The van der Waals surface area contributed by atoms with E-state index in [0.717, 1.165) is 8.99 Å². The van der Waals surface area contributed by atoms with Gasteiger partial charge >= 0.3 is 0 Å². The van der Waals surface area contributed by atoms with E-state index >= 15 is 0 Å². The zero-order valence-electron chi connectivity index (χ0n) is 16.9. The van der Waals surface area contributed by atoms with Crippen molar-refractivity contribution in [3.05, 3.63) is 70.6 Å². The van der Waals surface area contributed by atoms with E-state index in [1.54, 1.807) is 49.4 Å². The molecule has 10 nitrogen and oxygen atoms in total. The minimum absolute atomic E-state index is 0.0392. The number of aromatic nitrogens is 2. The number of amides is 2. The van der Waals surface area contributed by atoms with Crippen LogP contribution in [-0.2, 0) is 21.4 Å². The van der Waals surface area contributed by atoms with Gasteiger partial charge in [-0.05, 0) is 25.1 Å². The maximum atomic E-state index is 12.6. The van der Waals surface area contributed by atoms with E-state index < -0.39 is 28.4 Å². The quantitative estimate of drug-likeness (QED) is 0.534. The lowest BCUT2D eigenvalue weighted by molar-refractivity contribution is -0.121. The Labute approximate surface area is 178 Å². The number of aryl methyl sites for hydroxylation is 1. The number of fused-ring (bicyclic) bond motifs is 1. The van der Waals surface area contributed by atoms with E-state index in [4.69, 9.17) is 0 Å². The topological polar surface area (TPSA) is 130 Å². The van der Waals surface area contributed by atoms with Crippen molar-refractivity contribution in [2.24, 2.45) is 0 Å². The molecule has 0 fully saturated rings. The Balaban J connectivity index is 1.72. The van der Waals surface area contributed by atoms with Gasteiger partial charge in [-0.25, -0.2) is 13.1 Å². The van der Waals surface area contributed by atoms with Crippen LogP contribution in [0.3, 0.4) is 0 Å². The summed E-state index contributed by atoms with van der Waals surface area (Å²) >= 11 is 0. The largest absolute Gasteiger partial charge is 0.290 e. The molecule has 0 aliphatic heterocycles. The molecule has 1 aromatic heterocycles. The van der Waals surface area contributed by atoms with E-state index in [-0.39, 0.29) is 22.7 Å². The van der Waals surface area contributed by atoms with E-state index in [1.807, 2.05) is 0 Å². The third kappa shape index (κ3) is 4.62. The molecule has 0 atom stereocenters. The molecule has 162 valence electrons. The van der Waals surface area contributed by atoms with Gasteiger partial charge in [0.2, 0.25) is 10.0 Å². The summed E-state index contributed by atoms with van der Waals surface area (Å²) in [6.45, 7) is 1.47. The first kappa shape index (κ1) is 22.1. The number of nitrogens with one attached hydrogen (secondary N) is 2. The van der Waals surface area contributed by atoms with Crippen LogP contribution < -0.4 is 16.4 Å². The third-order valence-corrected chi connectivity index (χ3v) is 6.33. The highest BCUT2D eigenvalue weighted by atomic mass is 32.2. The van der Waals surface area contributed by atoms with Crippen LogP contribution in [0.5, 0.6) is 0 Å². The lowest BCUT2D eigenvalue weighted by Crippen LogP contribution is -2.47. The van der Waals surface area contributed by atoms with Crippen LogP contribution in [0.25, 0.3) is 10.8 Å². The van der Waals surface area contributed by atoms with Gasteiger partial charge in [0.15, 0.2) is 5.69 Å². The second kappa shape index (κ2) is 9.06. The molecule has 0 spiro atoms. The second-order valence-electron chi connectivity index (χ2n) is 6.59. The molecule has 0 aliphatic carbocycles. The first-order chi connectivity index (χ1) is 14.8. The molecule has 0 saturated carbocycles. The summed E-state index contributed by atoms with van der Waals surface area (Å²) in [5, 5.41) is 4.74. The molecular weight excluding hydrogens is 422 g/mol. The highest BCUT2D eigenvalue weighted by Crippen LogP contribution is 2.14. The van der Waals surface area contributed by atoms with Crippen LogP contribution in [0.4, 0.5) is 0 Å². The Morgan fingerprint density at radius 1 is 1.00 bits per heavy atom. The zero-order chi connectivity index (χ0) is 22.6. The van der Waals surface area contributed by atoms with Crippen molar-refractivity contribution in [2.75, 3.05) is 13.6 Å². The number of carbonyl (C=O) groups excluding carboxylic acids is 2. The molecule has 3 aromatic rings. The van der Waals surface area contributed by atoms with Gasteiger partial charge in [0.05, 0.1) is 16.8 Å². The molecule has 2 aromatic carbocycles. The van der Waals surface area contributed by atoms with Crippen LogP contribution in [0.1, 0.15) is 17.4 Å². The number of hydrogen-bond acceptors (Lipinski definition) is 6. The van der Waals surface area contributed by atoms with E-state index in [9.17, 15) is 22.8 Å². The van der Waals surface area contributed by atoms with Crippen molar-refractivity contribution in [3.8, 4) is 0 Å². The zero-order valence-corrected chi connectivity index (χ0v) is 17.7. The van der Waals surface area contributed by atoms with Crippen molar-refractivity contribution in [1.29, 1.82) is 0 Å². The van der Waals surface area contributed by atoms with Gasteiger partial charge in [0.1, 0.15) is 0 Å². The molecule has 31 heavy (non-hydrogen) atoms. The number of sulfonamides is 1. The molecule has 11 heteroatoms. The number of hydrogen-bond donors (Lipinski definition) is 2. The molecule has 0 unspecified atom stereocenters. The number of benzene rings is 2. The Hall–Kier alpha value is -3.57. The van der Waals surface area contributed by atoms with Crippen LogP contribution in [0.15, 0.2) is 64.3 Å². The average Bonchev–Trinajstić information content (AvgIpc) is 2.78. The van der Waals surface area contributed by atoms with Crippen LogP contribution >= 0.6 is 0 Å². The van der Waals surface area contributed by atoms with E-state index in [1.165, 1.54) is 19.2 Å². The molecule has 2 N–H and O–H groups in total. The lowest BCUT2D eigenvalue weighted by Gasteiger charge is -2.17. The van der Waals surface area contributed by atoms with Crippen LogP contribution in [0, 0.1) is 0 Å². The summed E-state index contributed by atoms with van der Waals surface area (Å²) in [6, 6.07) is 14.2. The molecule has 3 rings (SSSR count). The molecular formula is C20H21N5O5S. The number of rotatable bonds is 6. The molecule has 0 bridgehead atoms. The lowest BCUT2D eigenvalue weighted by atomic mass is 10.1. The number of nitrogens with zero attached hydrogens (tertiary/aromatic N) is 3. The minimum atomic E-state index is -3.86. The third-order valence-electron chi connectivity index (χ3n) is 4.52. The monoisotopic (exact) mass is 443 g/mol. The van der Waals surface area contributed by atoms with Crippen LogP contribution in [-0.4, -0.2) is 47.9 Å². The standard InChI is InChI=1S/C20H21N5O5S/c1-3-25-20(28)16-12-8-7-11-15(16)18(23-25)19(27)22-21-17(26)13-24(2)31(29,30)14-9-5-4-6-10-14/h4-12H,3,13H2,1-2H3,(H,21,26)(H,22,27). The average molecular weight is 443 g/mol. The summed E-state index contributed by atoms with van der Waals surface area (Å²) in [5.41, 5.74) is 4.03. The van der Waals surface area contributed by atoms with Crippen molar-refractivity contribution in [3.63, 3.8) is 0 Å². The molecule has 1 heterocycles. The normalized spacial score (nSPS) is 11.5. The van der Waals surface area contributed by atoms with Crippen molar-refractivity contribution < 1.29 is 18.0 Å². The highest BCUT2D eigenvalue weighted by molar-refractivity contribution is 7.89. The Bertz CT molecular complexity index is 1290. The summed E-state index contributed by atoms with van der Waals surface area (Å²) in [4.78, 5) is 37.2. The second-order valence-corrected chi connectivity index (χ2v) is 8.64. The first-order valence-electron chi connectivity index (χ1n) is 9.36. The fourth-order valence-electron chi connectivity index (χ4n) is 2.90. The Kier molecular flexibility index (Phi) is 6.47. The first-order valence-corrected chi connectivity index (χ1v) is 10.8. The van der Waals surface area contributed by atoms with Gasteiger partial charge in [-0.2, -0.15) is 9.40 Å². The maximum absolute atomic E-state index is 12.6. The van der Waals surface area contributed by atoms with Gasteiger partial charge in [0.25, 0.3) is 17.4 Å². The summed E-state index contributed by atoms with van der Waals surface area (Å²) in [6.07, 6.45) is 0. The summed E-state index contributed by atoms with van der Waals surface area (Å²) in [7, 11) is -2.60. The van der Waals surface area contributed by atoms with Crippen LogP contribution in [0.2, 0.25) is 0 Å². The SMILES string of the molecule is CCn1nc(C(=O)NNC(=O)CN(C)S(=O)(=O)c2ccccc2)c2ccccc2c1=O. The molecule has 2 amide bonds. The van der Waals surface area contributed by atoms with E-state index in [2.05, 4.69) is 16.0 Å². The van der Waals surface area contributed by atoms with Crippen molar-refractivity contribution >= 4 is 32.6 Å². The van der Waals surface area contributed by atoms with Gasteiger partial charge in [-0.1, -0.05) is 36.4 Å². The highest BCUT2D eigenvalue weighted by Gasteiger charge is 2.23. The fraction of sp³-hybridized carbons (Fsp3) is 0.200. The number of likely N-dealkylation sites (N-methyl/N-ethyl adjacent to an activating group) is 1.